The fourth-order valence-electron chi connectivity index (χ4n) is 2.57. The number of methoxy groups -OCH3 is 1. The quantitative estimate of drug-likeness (QED) is 0.819. The van der Waals surface area contributed by atoms with Crippen molar-refractivity contribution in [1.82, 2.24) is 19.7 Å². The summed E-state index contributed by atoms with van der Waals surface area (Å²) in [5.41, 5.74) is 3.47. The van der Waals surface area contributed by atoms with Crippen LogP contribution < -0.4 is 4.74 Å². The monoisotopic (exact) mass is 288 g/mol. The third kappa shape index (κ3) is 3.24. The first-order chi connectivity index (χ1) is 10.1. The molecule has 1 atom stereocenters. The predicted octanol–water partition coefficient (Wildman–Crippen LogP) is 2.58. The van der Waals surface area contributed by atoms with Gasteiger partial charge in [0.1, 0.15) is 0 Å². The van der Waals surface area contributed by atoms with Crippen molar-refractivity contribution >= 4 is 0 Å². The maximum Gasteiger partial charge on any atom is 0.216 e. The molecule has 0 amide bonds. The lowest BCUT2D eigenvalue weighted by Crippen LogP contribution is -2.22. The smallest absolute Gasteiger partial charge is 0.216 e. The van der Waals surface area contributed by atoms with Crippen LogP contribution in [-0.4, -0.2) is 33.8 Å². The Hall–Kier alpha value is -1.88. The molecule has 2 aromatic rings. The minimum atomic E-state index is 0.285. The maximum absolute atomic E-state index is 5.51. The normalized spacial score (nSPS) is 12.7. The molecule has 0 saturated carbocycles. The third-order valence-corrected chi connectivity index (χ3v) is 3.93. The molecule has 0 fully saturated rings. The van der Waals surface area contributed by atoms with Gasteiger partial charge in [0, 0.05) is 32.0 Å². The minimum Gasteiger partial charge on any atom is -0.481 e. The van der Waals surface area contributed by atoms with Gasteiger partial charge in [0.15, 0.2) is 0 Å². The third-order valence-electron chi connectivity index (χ3n) is 3.93. The van der Waals surface area contributed by atoms with Crippen molar-refractivity contribution in [2.75, 3.05) is 14.2 Å². The Morgan fingerprint density at radius 2 is 2.19 bits per heavy atom. The van der Waals surface area contributed by atoms with Crippen LogP contribution in [0, 0.1) is 0 Å². The minimum absolute atomic E-state index is 0.285. The molecule has 0 aromatic carbocycles. The van der Waals surface area contributed by atoms with Crippen LogP contribution in [0.1, 0.15) is 36.7 Å². The second-order valence-electron chi connectivity index (χ2n) is 5.29. The van der Waals surface area contributed by atoms with Gasteiger partial charge in [-0.3, -0.25) is 9.88 Å². The lowest BCUT2D eigenvalue weighted by Gasteiger charge is -2.25. The highest BCUT2D eigenvalue weighted by Crippen LogP contribution is 2.27. The summed E-state index contributed by atoms with van der Waals surface area (Å²) in [7, 11) is 5.74. The highest BCUT2D eigenvalue weighted by Gasteiger charge is 2.20. The fourth-order valence-corrected chi connectivity index (χ4v) is 2.57. The zero-order valence-corrected chi connectivity index (χ0v) is 13.5. The molecule has 0 aliphatic rings. The van der Waals surface area contributed by atoms with E-state index in [1.54, 1.807) is 13.3 Å². The average Bonchev–Trinajstić information content (AvgIpc) is 2.82. The highest BCUT2D eigenvalue weighted by molar-refractivity contribution is 5.32. The van der Waals surface area contributed by atoms with E-state index in [0.717, 1.165) is 24.5 Å². The number of pyridine rings is 1. The molecule has 2 aromatic heterocycles. The average molecular weight is 288 g/mol. The van der Waals surface area contributed by atoms with E-state index in [1.807, 2.05) is 24.0 Å². The van der Waals surface area contributed by atoms with E-state index in [-0.39, 0.29) is 6.04 Å². The van der Waals surface area contributed by atoms with E-state index in [0.29, 0.717) is 0 Å². The van der Waals surface area contributed by atoms with Crippen LogP contribution in [0.25, 0.3) is 0 Å². The molecule has 0 bridgehead atoms. The highest BCUT2D eigenvalue weighted by atomic mass is 16.5. The second-order valence-corrected chi connectivity index (χ2v) is 5.29. The first-order valence-corrected chi connectivity index (χ1v) is 7.27. The lowest BCUT2D eigenvalue weighted by molar-refractivity contribution is 0.247. The Labute approximate surface area is 126 Å². The van der Waals surface area contributed by atoms with Gasteiger partial charge in [-0.05, 0) is 32.0 Å². The molecule has 0 N–H and O–H groups in total. The zero-order valence-electron chi connectivity index (χ0n) is 13.5. The van der Waals surface area contributed by atoms with Crippen LogP contribution in [0.4, 0.5) is 0 Å². The largest absolute Gasteiger partial charge is 0.481 e. The van der Waals surface area contributed by atoms with Crippen LogP contribution in [-0.2, 0) is 20.0 Å². The van der Waals surface area contributed by atoms with Crippen LogP contribution in [0.2, 0.25) is 0 Å². The SMILES string of the molecule is CCc1nn(C)c(OC)c1CN(C)[C@@H](C)c1cccnc1. The summed E-state index contributed by atoms with van der Waals surface area (Å²) >= 11 is 0. The van der Waals surface area contributed by atoms with Gasteiger partial charge in [0.25, 0.3) is 0 Å². The Bertz CT molecular complexity index is 579. The Morgan fingerprint density at radius 1 is 1.43 bits per heavy atom. The van der Waals surface area contributed by atoms with Crippen molar-refractivity contribution in [3.05, 3.63) is 41.3 Å². The van der Waals surface area contributed by atoms with Crippen molar-refractivity contribution in [1.29, 1.82) is 0 Å². The Morgan fingerprint density at radius 3 is 2.76 bits per heavy atom. The molecule has 0 spiro atoms. The van der Waals surface area contributed by atoms with Gasteiger partial charge in [-0.1, -0.05) is 13.0 Å². The van der Waals surface area contributed by atoms with Gasteiger partial charge >= 0.3 is 0 Å². The van der Waals surface area contributed by atoms with E-state index >= 15 is 0 Å². The van der Waals surface area contributed by atoms with Crippen molar-refractivity contribution < 1.29 is 4.74 Å². The van der Waals surface area contributed by atoms with Crippen LogP contribution in [0.5, 0.6) is 5.88 Å². The molecule has 0 saturated heterocycles. The number of hydrogen-bond acceptors (Lipinski definition) is 4. The summed E-state index contributed by atoms with van der Waals surface area (Å²) in [6.07, 6.45) is 4.62. The summed E-state index contributed by atoms with van der Waals surface area (Å²) in [6.45, 7) is 5.11. The van der Waals surface area contributed by atoms with Crippen molar-refractivity contribution in [2.24, 2.45) is 7.05 Å². The first-order valence-electron chi connectivity index (χ1n) is 7.27. The molecule has 5 heteroatoms. The van der Waals surface area contributed by atoms with Gasteiger partial charge in [0.2, 0.25) is 5.88 Å². The van der Waals surface area contributed by atoms with Gasteiger partial charge in [-0.2, -0.15) is 5.10 Å². The van der Waals surface area contributed by atoms with Crippen molar-refractivity contribution in [3.8, 4) is 5.88 Å². The number of rotatable bonds is 6. The van der Waals surface area contributed by atoms with Crippen LogP contribution in [0.15, 0.2) is 24.5 Å². The zero-order chi connectivity index (χ0) is 15.4. The summed E-state index contributed by atoms with van der Waals surface area (Å²) in [6, 6.07) is 4.37. The number of hydrogen-bond donors (Lipinski definition) is 0. The van der Waals surface area contributed by atoms with E-state index in [4.69, 9.17) is 4.74 Å². The van der Waals surface area contributed by atoms with Crippen molar-refractivity contribution in [2.45, 2.75) is 32.9 Å². The fraction of sp³-hybridized carbons (Fsp3) is 0.500. The number of nitrogens with zero attached hydrogens (tertiary/aromatic N) is 4. The van der Waals surface area contributed by atoms with Crippen molar-refractivity contribution in [3.63, 3.8) is 0 Å². The number of aromatic nitrogens is 3. The molecule has 0 unspecified atom stereocenters. The second kappa shape index (κ2) is 6.72. The number of aryl methyl sites for hydroxylation is 2. The first kappa shape index (κ1) is 15.5. The van der Waals surface area contributed by atoms with E-state index in [9.17, 15) is 0 Å². The van der Waals surface area contributed by atoms with E-state index in [2.05, 4.69) is 41.9 Å². The summed E-state index contributed by atoms with van der Waals surface area (Å²) in [5.74, 6) is 0.845. The molecule has 0 aliphatic carbocycles. The Balaban J connectivity index is 2.21. The van der Waals surface area contributed by atoms with E-state index in [1.165, 1.54) is 11.1 Å². The van der Waals surface area contributed by atoms with Crippen LogP contribution >= 0.6 is 0 Å². The molecule has 21 heavy (non-hydrogen) atoms. The molecular weight excluding hydrogens is 264 g/mol. The Kier molecular flexibility index (Phi) is 4.96. The summed E-state index contributed by atoms with van der Waals surface area (Å²) in [4.78, 5) is 6.49. The molecule has 0 aliphatic heterocycles. The number of ether oxygens (including phenoxy) is 1. The standard InChI is InChI=1S/C16H24N4O/c1-6-15-14(16(21-5)20(4)18-15)11-19(3)12(2)13-8-7-9-17-10-13/h7-10,12H,6,11H2,1-5H3/t12-/m0/s1. The molecule has 114 valence electrons. The van der Waals surface area contributed by atoms with E-state index < -0.39 is 0 Å². The predicted molar refractivity (Wildman–Crippen MR) is 83.3 cm³/mol. The van der Waals surface area contributed by atoms with Crippen LogP contribution in [0.3, 0.4) is 0 Å². The topological polar surface area (TPSA) is 43.2 Å². The van der Waals surface area contributed by atoms with Gasteiger partial charge in [0.05, 0.1) is 18.4 Å². The summed E-state index contributed by atoms with van der Waals surface area (Å²) in [5, 5.41) is 4.54. The molecule has 5 nitrogen and oxygen atoms in total. The van der Waals surface area contributed by atoms with Gasteiger partial charge < -0.3 is 4.74 Å². The summed E-state index contributed by atoms with van der Waals surface area (Å²) < 4.78 is 7.32. The molecular formula is C16H24N4O. The molecule has 2 rings (SSSR count). The molecule has 2 heterocycles. The van der Waals surface area contributed by atoms with Gasteiger partial charge in [-0.25, -0.2) is 4.68 Å². The molecule has 0 radical (unpaired) electrons. The van der Waals surface area contributed by atoms with Gasteiger partial charge in [-0.15, -0.1) is 0 Å². The lowest BCUT2D eigenvalue weighted by atomic mass is 10.1. The maximum atomic E-state index is 5.51.